The summed E-state index contributed by atoms with van der Waals surface area (Å²) in [5.41, 5.74) is 2.69. The second-order valence-electron chi connectivity index (χ2n) is 4.11. The van der Waals surface area contributed by atoms with E-state index in [1.54, 1.807) is 0 Å². The fourth-order valence-electron chi connectivity index (χ4n) is 2.07. The molecule has 0 fully saturated rings. The molecule has 0 saturated carbocycles. The highest BCUT2D eigenvalue weighted by atomic mass is 16.4. The molecular formula is C17H15O2. The average molecular weight is 251 g/mol. The number of carbonyl (C=O) groups is 1. The number of benzene rings is 2. The van der Waals surface area contributed by atoms with Crippen molar-refractivity contribution in [2.45, 2.75) is 6.92 Å². The van der Waals surface area contributed by atoms with E-state index in [0.717, 1.165) is 11.1 Å². The van der Waals surface area contributed by atoms with E-state index in [1.165, 1.54) is 0 Å². The van der Waals surface area contributed by atoms with Crippen LogP contribution in [0.15, 0.2) is 60.7 Å². The van der Waals surface area contributed by atoms with Gasteiger partial charge < -0.3 is 5.11 Å². The fourth-order valence-corrected chi connectivity index (χ4v) is 2.07. The second kappa shape index (κ2) is 6.01. The molecule has 19 heavy (non-hydrogen) atoms. The summed E-state index contributed by atoms with van der Waals surface area (Å²) in [6, 6.07) is 18.8. The lowest BCUT2D eigenvalue weighted by atomic mass is 9.93. The summed E-state index contributed by atoms with van der Waals surface area (Å²) in [6.45, 7) is 1.86. The van der Waals surface area contributed by atoms with Crippen LogP contribution < -0.4 is 0 Å². The van der Waals surface area contributed by atoms with Gasteiger partial charge in [0.15, 0.2) is 0 Å². The number of hydrogen-bond acceptors (Lipinski definition) is 1. The highest BCUT2D eigenvalue weighted by Gasteiger charge is 2.16. The molecule has 0 saturated heterocycles. The molecule has 0 aliphatic heterocycles. The van der Waals surface area contributed by atoms with Crippen LogP contribution in [0.25, 0.3) is 11.1 Å². The molecular weight excluding hydrogens is 236 g/mol. The maximum absolute atomic E-state index is 11.6. The van der Waals surface area contributed by atoms with Crippen LogP contribution in [-0.4, -0.2) is 11.1 Å². The number of allylic oxidation sites excluding steroid dienone is 1. The first-order chi connectivity index (χ1) is 9.24. The van der Waals surface area contributed by atoms with Crippen LogP contribution in [0.1, 0.15) is 18.1 Å². The van der Waals surface area contributed by atoms with Crippen molar-refractivity contribution in [3.8, 4) is 0 Å². The van der Waals surface area contributed by atoms with Crippen molar-refractivity contribution in [1.82, 2.24) is 0 Å². The van der Waals surface area contributed by atoms with Crippen LogP contribution in [0.2, 0.25) is 0 Å². The van der Waals surface area contributed by atoms with Gasteiger partial charge in [-0.1, -0.05) is 67.6 Å². The van der Waals surface area contributed by atoms with E-state index in [0.29, 0.717) is 11.1 Å². The van der Waals surface area contributed by atoms with E-state index >= 15 is 0 Å². The van der Waals surface area contributed by atoms with Gasteiger partial charge in [0.1, 0.15) is 0 Å². The van der Waals surface area contributed by atoms with Gasteiger partial charge in [-0.15, -0.1) is 0 Å². The van der Waals surface area contributed by atoms with Crippen molar-refractivity contribution in [1.29, 1.82) is 0 Å². The van der Waals surface area contributed by atoms with Gasteiger partial charge in [0.2, 0.25) is 0 Å². The number of carboxylic acids is 1. The summed E-state index contributed by atoms with van der Waals surface area (Å²) in [5, 5.41) is 9.51. The number of aliphatic carboxylic acids is 1. The quantitative estimate of drug-likeness (QED) is 0.661. The van der Waals surface area contributed by atoms with E-state index in [4.69, 9.17) is 0 Å². The van der Waals surface area contributed by atoms with Crippen molar-refractivity contribution < 1.29 is 9.90 Å². The third-order valence-corrected chi connectivity index (χ3v) is 2.92. The minimum absolute atomic E-state index is 0.328. The Morgan fingerprint density at radius 3 is 1.79 bits per heavy atom. The van der Waals surface area contributed by atoms with Gasteiger partial charge in [0.25, 0.3) is 0 Å². The molecule has 0 bridgehead atoms. The first kappa shape index (κ1) is 13.1. The Kier molecular flexibility index (Phi) is 4.14. The molecule has 2 aromatic carbocycles. The Morgan fingerprint density at radius 1 is 0.895 bits per heavy atom. The van der Waals surface area contributed by atoms with Crippen LogP contribution in [0.3, 0.4) is 0 Å². The van der Waals surface area contributed by atoms with Crippen LogP contribution in [0.4, 0.5) is 0 Å². The molecule has 0 heterocycles. The minimum atomic E-state index is -0.914. The van der Waals surface area contributed by atoms with Gasteiger partial charge in [-0.2, -0.15) is 0 Å². The van der Waals surface area contributed by atoms with Crippen molar-refractivity contribution in [3.05, 3.63) is 78.2 Å². The van der Waals surface area contributed by atoms with Crippen molar-refractivity contribution in [2.75, 3.05) is 0 Å². The third-order valence-electron chi connectivity index (χ3n) is 2.92. The van der Waals surface area contributed by atoms with Gasteiger partial charge in [-0.3, -0.25) is 0 Å². The summed E-state index contributed by atoms with van der Waals surface area (Å²) in [5.74, 6) is -0.914. The predicted molar refractivity (Wildman–Crippen MR) is 77.3 cm³/mol. The molecule has 1 radical (unpaired) electrons. The molecule has 95 valence electrons. The average Bonchev–Trinajstić information content (AvgIpc) is 2.46. The van der Waals surface area contributed by atoms with E-state index < -0.39 is 5.97 Å². The number of hydrogen-bond donors (Lipinski definition) is 1. The van der Waals surface area contributed by atoms with Gasteiger partial charge in [-0.05, 0) is 23.1 Å². The summed E-state index contributed by atoms with van der Waals surface area (Å²) >= 11 is 0. The smallest absolute Gasteiger partial charge is 0.336 e. The topological polar surface area (TPSA) is 37.3 Å². The van der Waals surface area contributed by atoms with E-state index in [-0.39, 0.29) is 0 Å². The predicted octanol–water partition coefficient (Wildman–Crippen LogP) is 3.91. The summed E-state index contributed by atoms with van der Waals surface area (Å²) < 4.78 is 0. The van der Waals surface area contributed by atoms with Gasteiger partial charge in [-0.25, -0.2) is 4.79 Å². The van der Waals surface area contributed by atoms with E-state index in [9.17, 15) is 9.90 Å². The third kappa shape index (κ3) is 2.91. The van der Waals surface area contributed by atoms with Crippen LogP contribution in [0, 0.1) is 6.42 Å². The molecule has 0 amide bonds. The maximum atomic E-state index is 11.6. The maximum Gasteiger partial charge on any atom is 0.336 e. The standard InChI is InChI=1S/C17H15O2/c1-2-15(13-9-5-3-6-10-13)16(17(18)19)14-11-7-4-8-12-14/h2-12H,1H3,(H,18,19). The second-order valence-corrected chi connectivity index (χ2v) is 4.11. The molecule has 0 aliphatic rings. The SMILES string of the molecule is C[CH]C(=C(C(=O)O)c1ccccc1)c1ccccc1. The zero-order valence-electron chi connectivity index (χ0n) is 10.7. The summed E-state index contributed by atoms with van der Waals surface area (Å²) in [4.78, 5) is 11.6. The molecule has 0 aliphatic carbocycles. The summed E-state index contributed by atoms with van der Waals surface area (Å²) in [7, 11) is 0. The van der Waals surface area contributed by atoms with Crippen molar-refractivity contribution >= 4 is 17.1 Å². The highest BCUT2D eigenvalue weighted by Crippen LogP contribution is 2.28. The Labute approximate surface area is 113 Å². The largest absolute Gasteiger partial charge is 0.478 e. The molecule has 2 aromatic rings. The zero-order chi connectivity index (χ0) is 13.7. The fraction of sp³-hybridized carbons (Fsp3) is 0.0588. The van der Waals surface area contributed by atoms with E-state index in [1.807, 2.05) is 74.0 Å². The van der Waals surface area contributed by atoms with Crippen molar-refractivity contribution in [2.24, 2.45) is 0 Å². The Morgan fingerprint density at radius 2 is 1.37 bits per heavy atom. The Hall–Kier alpha value is -2.35. The summed E-state index contributed by atoms with van der Waals surface area (Å²) in [6.07, 6.45) is 1.84. The number of carboxylic acid groups (broad SMARTS) is 1. The Bertz CT molecular complexity index is 583. The van der Waals surface area contributed by atoms with Crippen LogP contribution >= 0.6 is 0 Å². The van der Waals surface area contributed by atoms with Crippen LogP contribution in [-0.2, 0) is 4.79 Å². The van der Waals surface area contributed by atoms with Crippen molar-refractivity contribution in [3.63, 3.8) is 0 Å². The lowest BCUT2D eigenvalue weighted by molar-refractivity contribution is -0.130. The Balaban J connectivity index is 2.64. The van der Waals surface area contributed by atoms with Gasteiger partial charge >= 0.3 is 5.97 Å². The lowest BCUT2D eigenvalue weighted by Crippen LogP contribution is -2.03. The first-order valence-electron chi connectivity index (χ1n) is 6.12. The van der Waals surface area contributed by atoms with Gasteiger partial charge in [0, 0.05) is 0 Å². The minimum Gasteiger partial charge on any atom is -0.478 e. The molecule has 2 heteroatoms. The zero-order valence-corrected chi connectivity index (χ0v) is 10.7. The molecule has 0 spiro atoms. The molecule has 1 N–H and O–H groups in total. The normalized spacial score (nSPS) is 11.8. The molecule has 0 atom stereocenters. The molecule has 0 aromatic heterocycles. The number of rotatable bonds is 4. The first-order valence-corrected chi connectivity index (χ1v) is 6.12. The highest BCUT2D eigenvalue weighted by molar-refractivity contribution is 6.24. The monoisotopic (exact) mass is 251 g/mol. The molecule has 0 unspecified atom stereocenters. The molecule has 2 nitrogen and oxygen atoms in total. The van der Waals surface area contributed by atoms with Gasteiger partial charge in [0.05, 0.1) is 5.57 Å². The van der Waals surface area contributed by atoms with Crippen LogP contribution in [0.5, 0.6) is 0 Å². The lowest BCUT2D eigenvalue weighted by Gasteiger charge is -2.11. The molecule has 2 rings (SSSR count). The van der Waals surface area contributed by atoms with E-state index in [2.05, 4.69) is 0 Å².